The molecular weight excluding hydrogens is 398 g/mol. The van der Waals surface area contributed by atoms with Crippen LogP contribution in [0.3, 0.4) is 0 Å². The fourth-order valence-electron chi connectivity index (χ4n) is 3.07. The van der Waals surface area contributed by atoms with E-state index in [1.54, 1.807) is 31.2 Å². The first-order chi connectivity index (χ1) is 14.4. The van der Waals surface area contributed by atoms with Gasteiger partial charge in [-0.2, -0.15) is 0 Å². The number of rotatable bonds is 8. The SMILES string of the molecule is Cc1ccc(C)c(N(C(=O)CCCOc2ccccc2)S(=O)(=O)c2ccccc2)c1. The predicted molar refractivity (Wildman–Crippen MR) is 118 cm³/mol. The Labute approximate surface area is 178 Å². The summed E-state index contributed by atoms with van der Waals surface area (Å²) in [6, 6.07) is 22.8. The third-order valence-electron chi connectivity index (χ3n) is 4.64. The molecule has 156 valence electrons. The van der Waals surface area contributed by atoms with Gasteiger partial charge >= 0.3 is 0 Å². The summed E-state index contributed by atoms with van der Waals surface area (Å²) >= 11 is 0. The normalized spacial score (nSPS) is 11.1. The quantitative estimate of drug-likeness (QED) is 0.484. The van der Waals surface area contributed by atoms with Gasteiger partial charge in [-0.1, -0.05) is 48.5 Å². The van der Waals surface area contributed by atoms with E-state index in [1.807, 2.05) is 49.4 Å². The number of ether oxygens (including phenoxy) is 1. The highest BCUT2D eigenvalue weighted by molar-refractivity contribution is 7.93. The topological polar surface area (TPSA) is 63.7 Å². The summed E-state index contributed by atoms with van der Waals surface area (Å²) < 4.78 is 33.3. The molecular formula is C24H25NO4S. The monoisotopic (exact) mass is 423 g/mol. The fourth-order valence-corrected chi connectivity index (χ4v) is 4.59. The second-order valence-electron chi connectivity index (χ2n) is 7.03. The van der Waals surface area contributed by atoms with Crippen LogP contribution >= 0.6 is 0 Å². The number of carbonyl (C=O) groups excluding carboxylic acids is 1. The molecule has 0 unspecified atom stereocenters. The molecule has 0 aliphatic heterocycles. The van der Waals surface area contributed by atoms with Crippen molar-refractivity contribution in [1.29, 1.82) is 0 Å². The van der Waals surface area contributed by atoms with Crippen LogP contribution in [0.2, 0.25) is 0 Å². The molecule has 3 aromatic carbocycles. The number of carbonyl (C=O) groups is 1. The molecule has 0 aliphatic carbocycles. The molecule has 0 saturated carbocycles. The number of para-hydroxylation sites is 1. The Morgan fingerprint density at radius 2 is 1.53 bits per heavy atom. The molecule has 0 N–H and O–H groups in total. The van der Waals surface area contributed by atoms with E-state index in [2.05, 4.69) is 0 Å². The van der Waals surface area contributed by atoms with Crippen LogP contribution in [0.4, 0.5) is 5.69 Å². The van der Waals surface area contributed by atoms with Gasteiger partial charge < -0.3 is 4.74 Å². The van der Waals surface area contributed by atoms with E-state index in [4.69, 9.17) is 4.74 Å². The van der Waals surface area contributed by atoms with E-state index in [0.717, 1.165) is 9.87 Å². The van der Waals surface area contributed by atoms with Gasteiger partial charge in [0, 0.05) is 6.42 Å². The lowest BCUT2D eigenvalue weighted by molar-refractivity contribution is -0.117. The third-order valence-corrected chi connectivity index (χ3v) is 6.39. The minimum atomic E-state index is -4.04. The zero-order chi connectivity index (χ0) is 21.6. The zero-order valence-corrected chi connectivity index (χ0v) is 17.9. The van der Waals surface area contributed by atoms with Crippen LogP contribution < -0.4 is 9.04 Å². The maximum Gasteiger partial charge on any atom is 0.270 e. The van der Waals surface area contributed by atoms with Gasteiger partial charge in [-0.05, 0) is 61.7 Å². The summed E-state index contributed by atoms with van der Waals surface area (Å²) in [7, 11) is -4.04. The van der Waals surface area contributed by atoms with Crippen LogP contribution in [0.1, 0.15) is 24.0 Å². The first-order valence-electron chi connectivity index (χ1n) is 9.78. The molecule has 3 rings (SSSR count). The Bertz CT molecular complexity index is 1100. The zero-order valence-electron chi connectivity index (χ0n) is 17.1. The van der Waals surface area contributed by atoms with Crippen LogP contribution in [0, 0.1) is 13.8 Å². The highest BCUT2D eigenvalue weighted by atomic mass is 32.2. The largest absolute Gasteiger partial charge is 0.494 e. The Hall–Kier alpha value is -3.12. The molecule has 0 radical (unpaired) electrons. The Morgan fingerprint density at radius 1 is 0.900 bits per heavy atom. The molecule has 6 heteroatoms. The van der Waals surface area contributed by atoms with Gasteiger partial charge in [0.05, 0.1) is 17.2 Å². The first-order valence-corrected chi connectivity index (χ1v) is 11.2. The molecule has 0 atom stereocenters. The van der Waals surface area contributed by atoms with Gasteiger partial charge in [-0.15, -0.1) is 0 Å². The lowest BCUT2D eigenvalue weighted by atomic mass is 10.1. The molecule has 0 bridgehead atoms. The number of benzene rings is 3. The van der Waals surface area contributed by atoms with Crippen LogP contribution in [0.5, 0.6) is 5.75 Å². The molecule has 0 aromatic heterocycles. The van der Waals surface area contributed by atoms with E-state index in [9.17, 15) is 13.2 Å². The van der Waals surface area contributed by atoms with E-state index in [0.29, 0.717) is 30.0 Å². The number of hydrogen-bond acceptors (Lipinski definition) is 4. The second kappa shape index (κ2) is 9.59. The lowest BCUT2D eigenvalue weighted by Crippen LogP contribution is -2.37. The standard InChI is InChI=1S/C24H25NO4S/c1-19-15-16-20(2)23(18-19)25(30(27,28)22-12-7-4-8-13-22)24(26)14-9-17-29-21-10-5-3-6-11-21/h3-8,10-13,15-16,18H,9,14,17H2,1-2H3. The maximum atomic E-state index is 13.4. The minimum absolute atomic E-state index is 0.0479. The average Bonchev–Trinajstić information content (AvgIpc) is 2.75. The number of nitrogens with zero attached hydrogens (tertiary/aromatic N) is 1. The van der Waals surface area contributed by atoms with Crippen molar-refractivity contribution in [1.82, 2.24) is 0 Å². The predicted octanol–water partition coefficient (Wildman–Crippen LogP) is 4.88. The molecule has 0 heterocycles. The molecule has 0 fully saturated rings. The van der Waals surface area contributed by atoms with Crippen molar-refractivity contribution in [2.24, 2.45) is 0 Å². The van der Waals surface area contributed by atoms with Gasteiger partial charge in [-0.3, -0.25) is 4.79 Å². The lowest BCUT2D eigenvalue weighted by Gasteiger charge is -2.25. The van der Waals surface area contributed by atoms with Crippen molar-refractivity contribution in [3.05, 3.63) is 90.0 Å². The van der Waals surface area contributed by atoms with Crippen molar-refractivity contribution in [3.63, 3.8) is 0 Å². The Kier molecular flexibility index (Phi) is 6.90. The molecule has 1 amide bonds. The maximum absolute atomic E-state index is 13.4. The summed E-state index contributed by atoms with van der Waals surface area (Å²) in [5.41, 5.74) is 1.98. The van der Waals surface area contributed by atoms with E-state index >= 15 is 0 Å². The van der Waals surface area contributed by atoms with Crippen LogP contribution in [-0.4, -0.2) is 20.9 Å². The van der Waals surface area contributed by atoms with Gasteiger partial charge in [-0.25, -0.2) is 12.7 Å². The van der Waals surface area contributed by atoms with Crippen molar-refractivity contribution >= 4 is 21.6 Å². The van der Waals surface area contributed by atoms with Gasteiger partial charge in [0.1, 0.15) is 5.75 Å². The van der Waals surface area contributed by atoms with E-state index in [-0.39, 0.29) is 11.3 Å². The highest BCUT2D eigenvalue weighted by Gasteiger charge is 2.31. The number of anilines is 1. The number of hydrogen-bond donors (Lipinski definition) is 0. The average molecular weight is 424 g/mol. The molecule has 0 spiro atoms. The van der Waals surface area contributed by atoms with Gasteiger partial charge in [0.25, 0.3) is 10.0 Å². The molecule has 0 aliphatic rings. The van der Waals surface area contributed by atoms with Crippen molar-refractivity contribution in [2.45, 2.75) is 31.6 Å². The fraction of sp³-hybridized carbons (Fsp3) is 0.208. The van der Waals surface area contributed by atoms with Crippen LogP contribution in [0.25, 0.3) is 0 Å². The smallest absolute Gasteiger partial charge is 0.270 e. The summed E-state index contributed by atoms with van der Waals surface area (Å²) in [4.78, 5) is 13.2. The Balaban J connectivity index is 1.84. The van der Waals surface area contributed by atoms with E-state index in [1.165, 1.54) is 12.1 Å². The number of amides is 1. The number of aryl methyl sites for hydroxylation is 2. The first kappa shape index (κ1) is 21.6. The highest BCUT2D eigenvalue weighted by Crippen LogP contribution is 2.29. The second-order valence-corrected chi connectivity index (χ2v) is 8.82. The van der Waals surface area contributed by atoms with Crippen molar-refractivity contribution in [2.75, 3.05) is 10.9 Å². The Morgan fingerprint density at radius 3 is 2.20 bits per heavy atom. The minimum Gasteiger partial charge on any atom is -0.494 e. The van der Waals surface area contributed by atoms with Crippen LogP contribution in [0.15, 0.2) is 83.8 Å². The number of sulfonamides is 1. The summed E-state index contributed by atoms with van der Waals surface area (Å²) in [5.74, 6) is 0.234. The summed E-state index contributed by atoms with van der Waals surface area (Å²) in [6.45, 7) is 3.99. The van der Waals surface area contributed by atoms with Crippen molar-refractivity contribution in [3.8, 4) is 5.75 Å². The van der Waals surface area contributed by atoms with Crippen LogP contribution in [-0.2, 0) is 14.8 Å². The van der Waals surface area contributed by atoms with Gasteiger partial charge in [0.15, 0.2) is 0 Å². The molecule has 0 saturated heterocycles. The molecule has 3 aromatic rings. The molecule has 5 nitrogen and oxygen atoms in total. The third kappa shape index (κ3) is 5.07. The summed E-state index contributed by atoms with van der Waals surface area (Å²) in [5, 5.41) is 0. The van der Waals surface area contributed by atoms with Crippen molar-refractivity contribution < 1.29 is 17.9 Å². The molecule has 30 heavy (non-hydrogen) atoms. The van der Waals surface area contributed by atoms with E-state index < -0.39 is 15.9 Å². The van der Waals surface area contributed by atoms with Gasteiger partial charge in [0.2, 0.25) is 5.91 Å². The summed E-state index contributed by atoms with van der Waals surface area (Å²) in [6.07, 6.45) is 0.450.